The van der Waals surface area contributed by atoms with Crippen molar-refractivity contribution in [2.45, 2.75) is 45.3 Å². The summed E-state index contributed by atoms with van der Waals surface area (Å²) < 4.78 is 19.5. The van der Waals surface area contributed by atoms with E-state index >= 15 is 0 Å². The van der Waals surface area contributed by atoms with Crippen LogP contribution < -0.4 is 5.32 Å². The standard InChI is InChI=1S/C15H23BrFNO/c1-4-18-14(7-5-11(2)19-3)10-12-9-13(17)6-8-15(12)16/h6,8-9,11,14,18H,4-5,7,10H2,1-3H3. The zero-order valence-electron chi connectivity index (χ0n) is 11.9. The van der Waals surface area contributed by atoms with Crippen molar-refractivity contribution in [1.82, 2.24) is 5.32 Å². The van der Waals surface area contributed by atoms with Gasteiger partial charge in [0.1, 0.15) is 5.82 Å². The number of hydrogen-bond donors (Lipinski definition) is 1. The van der Waals surface area contributed by atoms with Gasteiger partial charge in [-0.25, -0.2) is 4.39 Å². The van der Waals surface area contributed by atoms with Crippen molar-refractivity contribution in [3.63, 3.8) is 0 Å². The molecule has 0 saturated carbocycles. The summed E-state index contributed by atoms with van der Waals surface area (Å²) in [5.74, 6) is -0.182. The lowest BCUT2D eigenvalue weighted by Crippen LogP contribution is -2.32. The van der Waals surface area contributed by atoms with Crippen molar-refractivity contribution in [1.29, 1.82) is 0 Å². The van der Waals surface area contributed by atoms with E-state index in [1.54, 1.807) is 19.2 Å². The van der Waals surface area contributed by atoms with Crippen molar-refractivity contribution >= 4 is 15.9 Å². The summed E-state index contributed by atoms with van der Waals surface area (Å²) in [6.45, 7) is 5.08. The highest BCUT2D eigenvalue weighted by molar-refractivity contribution is 9.10. The van der Waals surface area contributed by atoms with Crippen LogP contribution >= 0.6 is 15.9 Å². The third kappa shape index (κ3) is 6.02. The molecular weight excluding hydrogens is 309 g/mol. The molecule has 0 saturated heterocycles. The maximum absolute atomic E-state index is 13.3. The van der Waals surface area contributed by atoms with Gasteiger partial charge in [0.05, 0.1) is 6.10 Å². The van der Waals surface area contributed by atoms with Crippen LogP contribution in [0.5, 0.6) is 0 Å². The van der Waals surface area contributed by atoms with Crippen molar-refractivity contribution in [2.75, 3.05) is 13.7 Å². The summed E-state index contributed by atoms with van der Waals surface area (Å²) in [6.07, 6.45) is 3.10. The molecule has 1 rings (SSSR count). The van der Waals surface area contributed by atoms with E-state index in [-0.39, 0.29) is 11.9 Å². The van der Waals surface area contributed by atoms with E-state index in [1.807, 2.05) is 0 Å². The molecule has 0 amide bonds. The highest BCUT2D eigenvalue weighted by Gasteiger charge is 2.13. The van der Waals surface area contributed by atoms with Crippen LogP contribution in [0.15, 0.2) is 22.7 Å². The van der Waals surface area contributed by atoms with Crippen molar-refractivity contribution in [2.24, 2.45) is 0 Å². The quantitative estimate of drug-likeness (QED) is 0.779. The third-order valence-electron chi connectivity index (χ3n) is 3.29. The van der Waals surface area contributed by atoms with Gasteiger partial charge in [-0.15, -0.1) is 0 Å². The molecule has 0 bridgehead atoms. The van der Waals surface area contributed by atoms with Gasteiger partial charge >= 0.3 is 0 Å². The van der Waals surface area contributed by atoms with Crippen LogP contribution in [-0.2, 0) is 11.2 Å². The minimum atomic E-state index is -0.182. The molecule has 0 radical (unpaired) electrons. The van der Waals surface area contributed by atoms with E-state index in [0.29, 0.717) is 6.04 Å². The Bertz CT molecular complexity index is 386. The molecular formula is C15H23BrFNO. The predicted octanol–water partition coefficient (Wildman–Crippen LogP) is 3.92. The normalized spacial score (nSPS) is 14.4. The van der Waals surface area contributed by atoms with Gasteiger partial charge < -0.3 is 10.1 Å². The van der Waals surface area contributed by atoms with Gasteiger partial charge in [0.2, 0.25) is 0 Å². The van der Waals surface area contributed by atoms with E-state index < -0.39 is 0 Å². The molecule has 2 unspecified atom stereocenters. The van der Waals surface area contributed by atoms with E-state index in [0.717, 1.165) is 35.8 Å². The van der Waals surface area contributed by atoms with Crippen LogP contribution in [0.1, 0.15) is 32.3 Å². The van der Waals surface area contributed by atoms with Gasteiger partial charge in [-0.2, -0.15) is 0 Å². The predicted molar refractivity (Wildman–Crippen MR) is 81.0 cm³/mol. The Labute approximate surface area is 123 Å². The number of rotatable bonds is 8. The Kier molecular flexibility index (Phi) is 7.57. The van der Waals surface area contributed by atoms with E-state index in [4.69, 9.17) is 4.74 Å². The molecule has 1 aromatic rings. The number of benzene rings is 1. The molecule has 1 aromatic carbocycles. The second-order valence-corrected chi connectivity index (χ2v) is 5.67. The van der Waals surface area contributed by atoms with Crippen LogP contribution in [-0.4, -0.2) is 25.8 Å². The number of ether oxygens (including phenoxy) is 1. The first-order chi connectivity index (χ1) is 9.06. The second-order valence-electron chi connectivity index (χ2n) is 4.82. The Morgan fingerprint density at radius 1 is 1.37 bits per heavy atom. The Hall–Kier alpha value is -0.450. The molecule has 0 spiro atoms. The summed E-state index contributed by atoms with van der Waals surface area (Å²) in [7, 11) is 1.73. The molecule has 0 aliphatic carbocycles. The van der Waals surface area contributed by atoms with Gasteiger partial charge in [-0.05, 0) is 56.5 Å². The number of nitrogens with one attached hydrogen (secondary N) is 1. The van der Waals surface area contributed by atoms with Crippen molar-refractivity contribution in [3.05, 3.63) is 34.1 Å². The Morgan fingerprint density at radius 2 is 2.11 bits per heavy atom. The molecule has 108 valence electrons. The zero-order chi connectivity index (χ0) is 14.3. The fraction of sp³-hybridized carbons (Fsp3) is 0.600. The number of methoxy groups -OCH3 is 1. The van der Waals surface area contributed by atoms with Crippen LogP contribution in [0.3, 0.4) is 0 Å². The molecule has 0 aromatic heterocycles. The average molecular weight is 332 g/mol. The molecule has 4 heteroatoms. The van der Waals surface area contributed by atoms with Gasteiger partial charge in [0.25, 0.3) is 0 Å². The largest absolute Gasteiger partial charge is 0.382 e. The highest BCUT2D eigenvalue weighted by Crippen LogP contribution is 2.20. The first-order valence-electron chi connectivity index (χ1n) is 6.76. The smallest absolute Gasteiger partial charge is 0.123 e. The van der Waals surface area contributed by atoms with Gasteiger partial charge in [0.15, 0.2) is 0 Å². The van der Waals surface area contributed by atoms with Gasteiger partial charge in [-0.1, -0.05) is 22.9 Å². The zero-order valence-corrected chi connectivity index (χ0v) is 13.5. The van der Waals surface area contributed by atoms with Crippen LogP contribution in [0, 0.1) is 5.82 Å². The minimum absolute atomic E-state index is 0.182. The summed E-state index contributed by atoms with van der Waals surface area (Å²) >= 11 is 3.48. The lowest BCUT2D eigenvalue weighted by atomic mass is 10.00. The third-order valence-corrected chi connectivity index (χ3v) is 4.06. The lowest BCUT2D eigenvalue weighted by Gasteiger charge is -2.20. The van der Waals surface area contributed by atoms with Gasteiger partial charge in [0, 0.05) is 17.6 Å². The summed E-state index contributed by atoms with van der Waals surface area (Å²) in [5.41, 5.74) is 1.01. The summed E-state index contributed by atoms with van der Waals surface area (Å²) in [5, 5.41) is 3.46. The van der Waals surface area contributed by atoms with E-state index in [1.165, 1.54) is 6.07 Å². The molecule has 0 aliphatic rings. The monoisotopic (exact) mass is 331 g/mol. The minimum Gasteiger partial charge on any atom is -0.382 e. The fourth-order valence-electron chi connectivity index (χ4n) is 2.08. The fourth-order valence-corrected chi connectivity index (χ4v) is 2.49. The topological polar surface area (TPSA) is 21.3 Å². The molecule has 0 heterocycles. The van der Waals surface area contributed by atoms with E-state index in [9.17, 15) is 4.39 Å². The number of hydrogen-bond acceptors (Lipinski definition) is 2. The average Bonchev–Trinajstić information content (AvgIpc) is 2.40. The first-order valence-corrected chi connectivity index (χ1v) is 7.56. The summed E-state index contributed by atoms with van der Waals surface area (Å²) in [6, 6.07) is 5.20. The van der Waals surface area contributed by atoms with Gasteiger partial charge in [-0.3, -0.25) is 0 Å². The molecule has 0 fully saturated rings. The van der Waals surface area contributed by atoms with E-state index in [2.05, 4.69) is 35.1 Å². The maximum atomic E-state index is 13.3. The molecule has 2 nitrogen and oxygen atoms in total. The molecule has 0 aliphatic heterocycles. The van der Waals surface area contributed by atoms with Crippen LogP contribution in [0.4, 0.5) is 4.39 Å². The first kappa shape index (κ1) is 16.6. The number of halogens is 2. The highest BCUT2D eigenvalue weighted by atomic mass is 79.9. The maximum Gasteiger partial charge on any atom is 0.123 e. The van der Waals surface area contributed by atoms with Crippen LogP contribution in [0.25, 0.3) is 0 Å². The molecule has 19 heavy (non-hydrogen) atoms. The second kappa shape index (κ2) is 8.67. The lowest BCUT2D eigenvalue weighted by molar-refractivity contribution is 0.106. The Balaban J connectivity index is 2.63. The Morgan fingerprint density at radius 3 is 2.74 bits per heavy atom. The van der Waals surface area contributed by atoms with Crippen LogP contribution in [0.2, 0.25) is 0 Å². The molecule has 1 N–H and O–H groups in total. The SMILES string of the molecule is CCNC(CCC(C)OC)Cc1cc(F)ccc1Br. The van der Waals surface area contributed by atoms with Crippen molar-refractivity contribution in [3.8, 4) is 0 Å². The molecule has 2 atom stereocenters. The van der Waals surface area contributed by atoms with Crippen molar-refractivity contribution < 1.29 is 9.13 Å². The summed E-state index contributed by atoms with van der Waals surface area (Å²) in [4.78, 5) is 0. The number of likely N-dealkylation sites (N-methyl/N-ethyl adjacent to an activating group) is 1.